The Bertz CT molecular complexity index is 856. The Kier molecular flexibility index (Phi) is 3.53. The third kappa shape index (κ3) is 2.51. The van der Waals surface area contributed by atoms with Gasteiger partial charge >= 0.3 is 0 Å². The van der Waals surface area contributed by atoms with Gasteiger partial charge in [-0.3, -0.25) is 9.59 Å². The first-order valence-electron chi connectivity index (χ1n) is 6.62. The first-order valence-corrected chi connectivity index (χ1v) is 6.62. The van der Waals surface area contributed by atoms with Crippen molar-refractivity contribution in [2.24, 2.45) is 0 Å². The number of nitrogens with one attached hydrogen (secondary N) is 3. The number of aromatic nitrogens is 3. The number of carbonyl (C=O) groups excluding carboxylic acids is 2. The lowest BCUT2D eigenvalue weighted by Crippen LogP contribution is -2.21. The van der Waals surface area contributed by atoms with E-state index in [9.17, 15) is 9.59 Å². The van der Waals surface area contributed by atoms with Crippen LogP contribution in [0.5, 0.6) is 0 Å². The molecule has 0 radical (unpaired) electrons. The van der Waals surface area contributed by atoms with Crippen LogP contribution in [0.25, 0.3) is 11.0 Å². The molecule has 0 atom stereocenters. The molecular weight excluding hydrogens is 282 g/mol. The molecule has 2 amide bonds. The van der Waals surface area contributed by atoms with Gasteiger partial charge in [-0.1, -0.05) is 12.1 Å². The zero-order valence-electron chi connectivity index (χ0n) is 11.8. The molecule has 1 heterocycles. The number of fused-ring (bicyclic) bond motifs is 1. The molecule has 22 heavy (non-hydrogen) atoms. The van der Waals surface area contributed by atoms with E-state index in [0.717, 1.165) is 0 Å². The fourth-order valence-electron chi connectivity index (χ4n) is 2.10. The van der Waals surface area contributed by atoms with E-state index >= 15 is 0 Å². The minimum Gasteiger partial charge on any atom is -0.355 e. The molecule has 0 bridgehead atoms. The fourth-order valence-corrected chi connectivity index (χ4v) is 2.10. The monoisotopic (exact) mass is 295 g/mol. The summed E-state index contributed by atoms with van der Waals surface area (Å²) < 4.78 is 0. The van der Waals surface area contributed by atoms with Crippen LogP contribution in [0.3, 0.4) is 0 Å². The number of hydrogen-bond donors (Lipinski definition) is 3. The highest BCUT2D eigenvalue weighted by Crippen LogP contribution is 2.17. The van der Waals surface area contributed by atoms with Crippen LogP contribution in [0.15, 0.2) is 42.5 Å². The van der Waals surface area contributed by atoms with Crippen LogP contribution in [0.2, 0.25) is 0 Å². The zero-order valence-corrected chi connectivity index (χ0v) is 11.8. The Morgan fingerprint density at radius 3 is 2.59 bits per heavy atom. The Balaban J connectivity index is 1.89. The summed E-state index contributed by atoms with van der Waals surface area (Å²) >= 11 is 0. The van der Waals surface area contributed by atoms with Gasteiger partial charge in [-0.2, -0.15) is 15.4 Å². The smallest absolute Gasteiger partial charge is 0.255 e. The maximum absolute atomic E-state index is 12.3. The number of benzene rings is 2. The molecule has 0 saturated carbocycles. The van der Waals surface area contributed by atoms with Crippen molar-refractivity contribution in [1.29, 1.82) is 0 Å². The summed E-state index contributed by atoms with van der Waals surface area (Å²) in [7, 11) is 1.54. The lowest BCUT2D eigenvalue weighted by Gasteiger charge is -2.10. The standard InChI is InChI=1S/C15H13N5O2/c1-16-15(22)10-4-2-3-5-11(10)17-14(21)9-6-7-12-13(8-9)19-20-18-12/h2-8H,1H3,(H,16,22)(H,17,21)(H,18,19,20). The zero-order chi connectivity index (χ0) is 15.5. The van der Waals surface area contributed by atoms with Crippen molar-refractivity contribution in [2.75, 3.05) is 12.4 Å². The van der Waals surface area contributed by atoms with Gasteiger partial charge in [0, 0.05) is 12.6 Å². The van der Waals surface area contributed by atoms with Crippen LogP contribution in [0, 0.1) is 0 Å². The lowest BCUT2D eigenvalue weighted by atomic mass is 10.1. The van der Waals surface area contributed by atoms with Gasteiger partial charge in [0.1, 0.15) is 11.0 Å². The largest absolute Gasteiger partial charge is 0.355 e. The highest BCUT2D eigenvalue weighted by atomic mass is 16.2. The number of nitrogens with zero attached hydrogens (tertiary/aromatic N) is 2. The van der Waals surface area contributed by atoms with Crippen LogP contribution in [0.4, 0.5) is 5.69 Å². The molecule has 0 fully saturated rings. The van der Waals surface area contributed by atoms with E-state index in [-0.39, 0.29) is 11.8 Å². The maximum atomic E-state index is 12.3. The molecule has 2 aromatic carbocycles. The van der Waals surface area contributed by atoms with Crippen molar-refractivity contribution in [1.82, 2.24) is 20.7 Å². The summed E-state index contributed by atoms with van der Waals surface area (Å²) in [4.78, 5) is 24.1. The number of aromatic amines is 1. The molecule has 3 rings (SSSR count). The summed E-state index contributed by atoms with van der Waals surface area (Å²) in [5.74, 6) is -0.580. The van der Waals surface area contributed by atoms with E-state index in [1.54, 1.807) is 49.5 Å². The second-order valence-electron chi connectivity index (χ2n) is 4.61. The van der Waals surface area contributed by atoms with E-state index in [0.29, 0.717) is 27.8 Å². The Hall–Kier alpha value is -3.22. The molecule has 7 nitrogen and oxygen atoms in total. The number of rotatable bonds is 3. The van der Waals surface area contributed by atoms with Gasteiger partial charge in [-0.25, -0.2) is 0 Å². The minimum atomic E-state index is -0.318. The van der Waals surface area contributed by atoms with Crippen molar-refractivity contribution in [2.45, 2.75) is 0 Å². The van der Waals surface area contributed by atoms with Gasteiger partial charge in [-0.15, -0.1) is 0 Å². The molecule has 1 aromatic heterocycles. The molecule has 0 aliphatic carbocycles. The molecular formula is C15H13N5O2. The van der Waals surface area contributed by atoms with Crippen molar-refractivity contribution in [3.8, 4) is 0 Å². The highest BCUT2D eigenvalue weighted by molar-refractivity contribution is 6.09. The highest BCUT2D eigenvalue weighted by Gasteiger charge is 2.13. The second-order valence-corrected chi connectivity index (χ2v) is 4.61. The van der Waals surface area contributed by atoms with Crippen LogP contribution < -0.4 is 10.6 Å². The number of anilines is 1. The van der Waals surface area contributed by atoms with E-state index in [4.69, 9.17) is 0 Å². The number of amides is 2. The fraction of sp³-hybridized carbons (Fsp3) is 0.0667. The molecule has 110 valence electrons. The third-order valence-corrected chi connectivity index (χ3v) is 3.23. The van der Waals surface area contributed by atoms with Crippen molar-refractivity contribution < 1.29 is 9.59 Å². The van der Waals surface area contributed by atoms with Gasteiger partial charge in [0.25, 0.3) is 11.8 Å². The van der Waals surface area contributed by atoms with E-state index in [1.807, 2.05) is 0 Å². The maximum Gasteiger partial charge on any atom is 0.255 e. The average molecular weight is 295 g/mol. The number of hydrogen-bond acceptors (Lipinski definition) is 4. The minimum absolute atomic E-state index is 0.261. The quantitative estimate of drug-likeness (QED) is 0.683. The molecule has 0 spiro atoms. The lowest BCUT2D eigenvalue weighted by molar-refractivity contribution is 0.0964. The summed E-state index contributed by atoms with van der Waals surface area (Å²) in [6, 6.07) is 11.8. The third-order valence-electron chi connectivity index (χ3n) is 3.23. The summed E-state index contributed by atoms with van der Waals surface area (Å²) in [5.41, 5.74) is 2.58. The van der Waals surface area contributed by atoms with Crippen LogP contribution >= 0.6 is 0 Å². The topological polar surface area (TPSA) is 99.8 Å². The Morgan fingerprint density at radius 1 is 1.00 bits per heavy atom. The van der Waals surface area contributed by atoms with Crippen LogP contribution in [0.1, 0.15) is 20.7 Å². The molecule has 0 aliphatic rings. The number of H-pyrrole nitrogens is 1. The summed E-state index contributed by atoms with van der Waals surface area (Å²) in [6.45, 7) is 0. The molecule has 0 saturated heterocycles. The van der Waals surface area contributed by atoms with Crippen molar-refractivity contribution >= 4 is 28.5 Å². The van der Waals surface area contributed by atoms with Crippen LogP contribution in [-0.4, -0.2) is 34.3 Å². The predicted octanol–water partition coefficient (Wildman–Crippen LogP) is 1.57. The van der Waals surface area contributed by atoms with Gasteiger partial charge in [0.2, 0.25) is 0 Å². The molecule has 0 unspecified atom stereocenters. The molecule has 3 N–H and O–H groups in total. The number of para-hydroxylation sites is 1. The van der Waals surface area contributed by atoms with Crippen molar-refractivity contribution in [3.05, 3.63) is 53.6 Å². The normalized spacial score (nSPS) is 10.4. The Morgan fingerprint density at radius 2 is 1.77 bits per heavy atom. The first kappa shape index (κ1) is 13.7. The van der Waals surface area contributed by atoms with E-state index in [1.165, 1.54) is 0 Å². The van der Waals surface area contributed by atoms with E-state index < -0.39 is 0 Å². The molecule has 7 heteroatoms. The molecule has 3 aromatic rings. The van der Waals surface area contributed by atoms with Crippen molar-refractivity contribution in [3.63, 3.8) is 0 Å². The van der Waals surface area contributed by atoms with Gasteiger partial charge in [-0.05, 0) is 30.3 Å². The summed E-state index contributed by atoms with van der Waals surface area (Å²) in [6.07, 6.45) is 0. The summed E-state index contributed by atoms with van der Waals surface area (Å²) in [5, 5.41) is 15.7. The number of carbonyl (C=O) groups is 2. The second kappa shape index (κ2) is 5.65. The van der Waals surface area contributed by atoms with Crippen LogP contribution in [-0.2, 0) is 0 Å². The van der Waals surface area contributed by atoms with Gasteiger partial charge in [0.05, 0.1) is 11.3 Å². The SMILES string of the molecule is CNC(=O)c1ccccc1NC(=O)c1ccc2n[nH]nc2c1. The Labute approximate surface area is 125 Å². The average Bonchev–Trinajstić information content (AvgIpc) is 3.02. The predicted molar refractivity (Wildman–Crippen MR) is 81.7 cm³/mol. The van der Waals surface area contributed by atoms with E-state index in [2.05, 4.69) is 26.0 Å². The first-order chi connectivity index (χ1) is 10.7. The van der Waals surface area contributed by atoms with Gasteiger partial charge < -0.3 is 10.6 Å². The molecule has 0 aliphatic heterocycles. The van der Waals surface area contributed by atoms with Gasteiger partial charge in [0.15, 0.2) is 0 Å².